The Morgan fingerprint density at radius 2 is 1.41 bits per heavy atom. The Morgan fingerprint density at radius 3 is 1.96 bits per heavy atom. The molecule has 0 aliphatic rings. The van der Waals surface area contributed by atoms with Gasteiger partial charge < -0.3 is 35.4 Å². The van der Waals surface area contributed by atoms with E-state index in [2.05, 4.69) is 9.97 Å². The molecule has 0 saturated heterocycles. The van der Waals surface area contributed by atoms with E-state index in [-0.39, 0.29) is 12.0 Å². The minimum atomic E-state index is -1.79. The van der Waals surface area contributed by atoms with Crippen LogP contribution in [-0.2, 0) is 4.79 Å². The van der Waals surface area contributed by atoms with Crippen LogP contribution in [0.3, 0.4) is 0 Å². The normalized spacial score (nSPS) is 15.4. The summed E-state index contributed by atoms with van der Waals surface area (Å²) in [7, 11) is 0. The summed E-state index contributed by atoms with van der Waals surface area (Å²) >= 11 is 0. The Bertz CT molecular complexity index is 905. The maximum Gasteiger partial charge on any atom is 0.151 e. The molecule has 0 aliphatic carbocycles. The number of hydrogen-bond acceptors (Lipinski definition) is 9. The molecule has 4 atom stereocenters. The number of carbonyl (C=O) groups is 1. The fourth-order valence-corrected chi connectivity index (χ4v) is 2.23. The maximum atomic E-state index is 9.90. The summed E-state index contributed by atoms with van der Waals surface area (Å²) in [5.74, 6) is 0.215. The summed E-state index contributed by atoms with van der Waals surface area (Å²) in [6, 6.07) is 12.7. The van der Waals surface area contributed by atoms with Gasteiger partial charge >= 0.3 is 0 Å². The van der Waals surface area contributed by atoms with Gasteiger partial charge in [0.25, 0.3) is 0 Å². The van der Waals surface area contributed by atoms with Gasteiger partial charge in [0.15, 0.2) is 6.29 Å². The summed E-state index contributed by atoms with van der Waals surface area (Å²) in [5, 5.41) is 52.9. The summed E-state index contributed by atoms with van der Waals surface area (Å²) in [5.41, 5.74) is 3.23. The molecule has 1 aromatic heterocycles. The maximum absolute atomic E-state index is 9.90. The molecule has 0 fully saturated rings. The van der Waals surface area contributed by atoms with E-state index in [4.69, 9.17) is 25.5 Å². The van der Waals surface area contributed by atoms with Crippen molar-refractivity contribution < 1.29 is 35.4 Å². The average Bonchev–Trinajstić information content (AvgIpc) is 2.70. The lowest BCUT2D eigenvalue weighted by molar-refractivity contribution is -0.136. The van der Waals surface area contributed by atoms with E-state index in [9.17, 15) is 9.90 Å². The Morgan fingerprint density at radius 1 is 0.852 bits per heavy atom. The molecule has 3 aromatic rings. The molecular weight excluding hydrogens is 356 g/mol. The molecule has 1 heterocycles. The van der Waals surface area contributed by atoms with Gasteiger partial charge in [-0.1, -0.05) is 12.1 Å². The van der Waals surface area contributed by atoms with Gasteiger partial charge in [-0.25, -0.2) is 9.97 Å². The predicted octanol–water partition coefficient (Wildman–Crippen LogP) is -0.890. The number of benzene rings is 2. The van der Waals surface area contributed by atoms with Crippen LogP contribution in [0, 0.1) is 0 Å². The minimum Gasteiger partial charge on any atom is -0.508 e. The summed E-state index contributed by atoms with van der Waals surface area (Å²) in [4.78, 5) is 18.8. The SMILES string of the molecule is O=C[C@H](O)[C@@H](O)[C@H](O)[C@H](O)CO.Oc1ccc2nc3ccccc3nc2c1. The van der Waals surface area contributed by atoms with Crippen molar-refractivity contribution in [1.29, 1.82) is 0 Å². The van der Waals surface area contributed by atoms with Gasteiger partial charge in [0, 0.05) is 6.07 Å². The first-order valence-electron chi connectivity index (χ1n) is 8.01. The highest BCUT2D eigenvalue weighted by atomic mass is 16.4. The second-order valence-corrected chi connectivity index (χ2v) is 5.74. The Kier molecular flexibility index (Phi) is 7.11. The van der Waals surface area contributed by atoms with E-state index >= 15 is 0 Å². The van der Waals surface area contributed by atoms with E-state index in [1.807, 2.05) is 24.3 Å². The predicted molar refractivity (Wildman–Crippen MR) is 95.9 cm³/mol. The Hall–Kier alpha value is -2.69. The molecule has 3 rings (SSSR count). The zero-order chi connectivity index (χ0) is 20.0. The van der Waals surface area contributed by atoms with Gasteiger partial charge in [-0.2, -0.15) is 0 Å². The van der Waals surface area contributed by atoms with Crippen molar-refractivity contribution in [2.24, 2.45) is 0 Å². The number of carbonyl (C=O) groups excluding carboxylic acids is 1. The van der Waals surface area contributed by atoms with Crippen molar-refractivity contribution in [3.8, 4) is 5.75 Å². The van der Waals surface area contributed by atoms with Crippen LogP contribution >= 0.6 is 0 Å². The zero-order valence-corrected chi connectivity index (χ0v) is 14.1. The van der Waals surface area contributed by atoms with Gasteiger partial charge in [-0.3, -0.25) is 0 Å². The van der Waals surface area contributed by atoms with E-state index in [0.717, 1.165) is 16.6 Å². The number of rotatable bonds is 5. The molecule has 0 amide bonds. The molecule has 0 bridgehead atoms. The first-order chi connectivity index (χ1) is 12.9. The van der Waals surface area contributed by atoms with Crippen LogP contribution < -0.4 is 0 Å². The molecule has 27 heavy (non-hydrogen) atoms. The van der Waals surface area contributed by atoms with Gasteiger partial charge in [-0.15, -0.1) is 0 Å². The van der Waals surface area contributed by atoms with E-state index in [0.29, 0.717) is 5.52 Å². The van der Waals surface area contributed by atoms with Gasteiger partial charge in [-0.05, 0) is 24.3 Å². The molecule has 0 saturated carbocycles. The Labute approximate surface area is 153 Å². The topological polar surface area (TPSA) is 164 Å². The van der Waals surface area contributed by atoms with Crippen molar-refractivity contribution in [3.05, 3.63) is 42.5 Å². The molecule has 0 aliphatic heterocycles. The molecule has 9 heteroatoms. The number of phenols is 1. The fraction of sp³-hybridized carbons (Fsp3) is 0.278. The molecule has 144 valence electrons. The molecule has 2 aromatic carbocycles. The second-order valence-electron chi connectivity index (χ2n) is 5.74. The number of phenolic OH excluding ortho intramolecular Hbond substituents is 1. The molecule has 0 spiro atoms. The van der Waals surface area contributed by atoms with Crippen LogP contribution in [0.2, 0.25) is 0 Å². The van der Waals surface area contributed by atoms with Crippen LogP contribution in [0.1, 0.15) is 0 Å². The molecule has 9 nitrogen and oxygen atoms in total. The lowest BCUT2D eigenvalue weighted by Crippen LogP contribution is -2.46. The highest BCUT2D eigenvalue weighted by molar-refractivity contribution is 5.86. The lowest BCUT2D eigenvalue weighted by Gasteiger charge is -2.22. The van der Waals surface area contributed by atoms with Crippen LogP contribution in [0.5, 0.6) is 5.75 Å². The fourth-order valence-electron chi connectivity index (χ4n) is 2.23. The summed E-state index contributed by atoms with van der Waals surface area (Å²) in [6.07, 6.45) is -6.84. The first-order valence-corrected chi connectivity index (χ1v) is 8.01. The highest BCUT2D eigenvalue weighted by Crippen LogP contribution is 2.19. The second kappa shape index (κ2) is 9.31. The van der Waals surface area contributed by atoms with Crippen LogP contribution in [0.25, 0.3) is 22.1 Å². The van der Waals surface area contributed by atoms with Gasteiger partial charge in [0.1, 0.15) is 30.2 Å². The van der Waals surface area contributed by atoms with Crippen LogP contribution in [0.15, 0.2) is 42.5 Å². The quantitative estimate of drug-likeness (QED) is 0.245. The standard InChI is InChI=1S/C12H8N2O.C6H12O6/c15-8-5-6-11-12(7-8)14-10-4-2-1-3-9(10)13-11;7-1-3(9)5(11)6(12)4(10)2-8/h1-7,15H;1,3-6,8-12H,2H2/t;3-,4+,5+,6+/m.0/s1. The van der Waals surface area contributed by atoms with Gasteiger partial charge in [0.05, 0.1) is 28.7 Å². The van der Waals surface area contributed by atoms with Crippen molar-refractivity contribution in [2.45, 2.75) is 24.4 Å². The van der Waals surface area contributed by atoms with Crippen LogP contribution in [0.4, 0.5) is 0 Å². The number of nitrogens with zero attached hydrogens (tertiary/aromatic N) is 2. The Balaban J connectivity index is 0.000000201. The molecule has 6 N–H and O–H groups in total. The third-order valence-corrected chi connectivity index (χ3v) is 3.74. The number of hydrogen-bond donors (Lipinski definition) is 6. The third-order valence-electron chi connectivity index (χ3n) is 3.74. The van der Waals surface area contributed by atoms with E-state index < -0.39 is 31.0 Å². The van der Waals surface area contributed by atoms with E-state index in [1.165, 1.54) is 0 Å². The van der Waals surface area contributed by atoms with Crippen molar-refractivity contribution >= 4 is 28.4 Å². The van der Waals surface area contributed by atoms with E-state index in [1.54, 1.807) is 18.2 Å². The largest absolute Gasteiger partial charge is 0.508 e. The molecule has 0 unspecified atom stereocenters. The third kappa shape index (κ3) is 5.16. The summed E-state index contributed by atoms with van der Waals surface area (Å²) in [6.45, 7) is -0.760. The van der Waals surface area contributed by atoms with Crippen LogP contribution in [-0.4, -0.2) is 77.9 Å². The smallest absolute Gasteiger partial charge is 0.151 e. The lowest BCUT2D eigenvalue weighted by atomic mass is 10.0. The minimum absolute atomic E-state index is 0.0258. The number of aromatic nitrogens is 2. The number of fused-ring (bicyclic) bond motifs is 2. The van der Waals surface area contributed by atoms with Crippen molar-refractivity contribution in [2.75, 3.05) is 6.61 Å². The molecule has 0 radical (unpaired) electrons. The van der Waals surface area contributed by atoms with Gasteiger partial charge in [0.2, 0.25) is 0 Å². The number of aromatic hydroxyl groups is 1. The van der Waals surface area contributed by atoms with Crippen molar-refractivity contribution in [3.63, 3.8) is 0 Å². The molecular formula is C18H20N2O7. The number of aldehydes is 1. The average molecular weight is 376 g/mol. The zero-order valence-electron chi connectivity index (χ0n) is 14.1. The number of aliphatic hydroxyl groups is 5. The number of aliphatic hydroxyl groups excluding tert-OH is 5. The highest BCUT2D eigenvalue weighted by Gasteiger charge is 2.29. The first kappa shape index (κ1) is 20.6. The monoisotopic (exact) mass is 376 g/mol. The summed E-state index contributed by atoms with van der Waals surface area (Å²) < 4.78 is 0. The number of para-hydroxylation sites is 2. The van der Waals surface area contributed by atoms with Crippen molar-refractivity contribution in [1.82, 2.24) is 9.97 Å².